The third kappa shape index (κ3) is 3.44. The summed E-state index contributed by atoms with van der Waals surface area (Å²) in [6.45, 7) is 4.98. The lowest BCUT2D eigenvalue weighted by Gasteiger charge is -2.31. The Morgan fingerprint density at radius 3 is 2.82 bits per heavy atom. The van der Waals surface area contributed by atoms with Crippen LogP contribution in [0.2, 0.25) is 0 Å². The summed E-state index contributed by atoms with van der Waals surface area (Å²) in [5, 5.41) is 4.68. The second-order valence-corrected chi connectivity index (χ2v) is 9.24. The number of hydrogen-bond donors (Lipinski definition) is 0. The Bertz CT molecular complexity index is 957. The highest BCUT2D eigenvalue weighted by Gasteiger charge is 2.33. The highest BCUT2D eigenvalue weighted by Crippen LogP contribution is 2.30. The molecule has 0 aromatic carbocycles. The number of carbonyl (C=O) groups is 1. The van der Waals surface area contributed by atoms with Crippen LogP contribution in [-0.2, 0) is 16.6 Å². The summed E-state index contributed by atoms with van der Waals surface area (Å²) >= 11 is 0. The lowest BCUT2D eigenvalue weighted by Crippen LogP contribution is -2.39. The van der Waals surface area contributed by atoms with Crippen LogP contribution in [0, 0.1) is 0 Å². The topological polar surface area (TPSA) is 88.4 Å². The summed E-state index contributed by atoms with van der Waals surface area (Å²) in [6, 6.07) is 5.07. The van der Waals surface area contributed by atoms with Crippen molar-refractivity contribution in [2.75, 3.05) is 26.2 Å². The molecule has 0 bridgehead atoms. The molecule has 150 valence electrons. The number of fused-ring (bicyclic) bond motifs is 1. The zero-order valence-corrected chi connectivity index (χ0v) is 16.8. The molecule has 2 aliphatic rings. The largest absolute Gasteiger partial charge is 0.338 e. The minimum atomic E-state index is -3.57. The molecule has 4 rings (SSSR count). The number of amides is 1. The summed E-state index contributed by atoms with van der Waals surface area (Å²) in [7, 11) is -3.57. The number of nitrogens with zero attached hydrogens (tertiary/aromatic N) is 5. The summed E-state index contributed by atoms with van der Waals surface area (Å²) < 4.78 is 29.2. The maximum absolute atomic E-state index is 12.9. The monoisotopic (exact) mass is 403 g/mol. The Kier molecular flexibility index (Phi) is 5.20. The van der Waals surface area contributed by atoms with Crippen LogP contribution in [0.3, 0.4) is 0 Å². The fourth-order valence-corrected chi connectivity index (χ4v) is 5.49. The molecule has 0 spiro atoms. The van der Waals surface area contributed by atoms with Gasteiger partial charge < -0.3 is 4.90 Å². The van der Waals surface area contributed by atoms with Crippen molar-refractivity contribution in [3.8, 4) is 0 Å². The van der Waals surface area contributed by atoms with Gasteiger partial charge in [-0.25, -0.2) is 8.42 Å². The third-order valence-corrected chi connectivity index (χ3v) is 7.41. The van der Waals surface area contributed by atoms with E-state index < -0.39 is 10.0 Å². The lowest BCUT2D eigenvalue weighted by molar-refractivity contribution is 0.0766. The molecule has 1 amide bonds. The summed E-state index contributed by atoms with van der Waals surface area (Å²) in [4.78, 5) is 18.7. The van der Waals surface area contributed by atoms with Crippen LogP contribution in [0.15, 0.2) is 35.5 Å². The first-order chi connectivity index (χ1) is 13.5. The van der Waals surface area contributed by atoms with E-state index in [0.717, 1.165) is 31.5 Å². The van der Waals surface area contributed by atoms with Crippen molar-refractivity contribution in [3.63, 3.8) is 0 Å². The number of piperidine rings is 1. The van der Waals surface area contributed by atoms with E-state index in [1.807, 2.05) is 17.9 Å². The van der Waals surface area contributed by atoms with E-state index in [0.29, 0.717) is 31.9 Å². The number of hydrogen-bond acceptors (Lipinski definition) is 5. The molecule has 1 atom stereocenters. The fourth-order valence-electron chi connectivity index (χ4n) is 4.01. The predicted octanol–water partition coefficient (Wildman–Crippen LogP) is 1.71. The highest BCUT2D eigenvalue weighted by atomic mass is 32.2. The van der Waals surface area contributed by atoms with Gasteiger partial charge in [0.2, 0.25) is 10.0 Å². The smallest absolute Gasteiger partial charge is 0.272 e. The predicted molar refractivity (Wildman–Crippen MR) is 103 cm³/mol. The van der Waals surface area contributed by atoms with Crippen LogP contribution < -0.4 is 0 Å². The number of rotatable bonds is 4. The van der Waals surface area contributed by atoms with Crippen molar-refractivity contribution in [1.29, 1.82) is 0 Å². The molecule has 0 aliphatic carbocycles. The molecule has 0 radical (unpaired) electrons. The van der Waals surface area contributed by atoms with Crippen LogP contribution in [0.5, 0.6) is 0 Å². The maximum atomic E-state index is 12.9. The standard InChI is InChI=1S/C19H25N5O3S/c1-2-22-9-5-11-24-18(19(22)25)12-17(21-24)15-6-4-10-23(14-15)28(26,27)16-7-3-8-20-13-16/h3,7-8,12-13,15H,2,4-6,9-11,14H2,1H3. The molecule has 1 fully saturated rings. The average Bonchev–Trinajstić information content (AvgIpc) is 3.09. The van der Waals surface area contributed by atoms with Crippen molar-refractivity contribution in [1.82, 2.24) is 24.0 Å². The number of carbonyl (C=O) groups excluding carboxylic acids is 1. The van der Waals surface area contributed by atoms with Gasteiger partial charge in [0.15, 0.2) is 0 Å². The van der Waals surface area contributed by atoms with Crippen molar-refractivity contribution >= 4 is 15.9 Å². The zero-order chi connectivity index (χ0) is 19.7. The molecule has 2 aromatic rings. The van der Waals surface area contributed by atoms with E-state index in [1.54, 1.807) is 23.0 Å². The van der Waals surface area contributed by atoms with Crippen molar-refractivity contribution in [2.45, 2.75) is 43.5 Å². The molecule has 9 heteroatoms. The van der Waals surface area contributed by atoms with Gasteiger partial charge in [0.05, 0.1) is 5.69 Å². The van der Waals surface area contributed by atoms with E-state index in [4.69, 9.17) is 0 Å². The van der Waals surface area contributed by atoms with E-state index in [2.05, 4.69) is 10.1 Å². The fraction of sp³-hybridized carbons (Fsp3) is 0.526. The van der Waals surface area contributed by atoms with E-state index in [-0.39, 0.29) is 16.7 Å². The highest BCUT2D eigenvalue weighted by molar-refractivity contribution is 7.89. The molecular formula is C19H25N5O3S. The van der Waals surface area contributed by atoms with Crippen LogP contribution >= 0.6 is 0 Å². The summed E-state index contributed by atoms with van der Waals surface area (Å²) in [5.41, 5.74) is 1.42. The molecule has 8 nitrogen and oxygen atoms in total. The number of pyridine rings is 1. The van der Waals surface area contributed by atoms with Gasteiger partial charge in [0.1, 0.15) is 10.6 Å². The van der Waals surface area contributed by atoms with Gasteiger partial charge in [0, 0.05) is 51.0 Å². The molecule has 1 saturated heterocycles. The molecular weight excluding hydrogens is 378 g/mol. The Morgan fingerprint density at radius 1 is 1.21 bits per heavy atom. The third-order valence-electron chi connectivity index (χ3n) is 5.56. The zero-order valence-electron chi connectivity index (χ0n) is 16.0. The van der Waals surface area contributed by atoms with Gasteiger partial charge in [-0.3, -0.25) is 14.5 Å². The van der Waals surface area contributed by atoms with Crippen molar-refractivity contribution in [3.05, 3.63) is 42.0 Å². The number of aromatic nitrogens is 3. The minimum absolute atomic E-state index is 0.00870. The molecule has 0 N–H and O–H groups in total. The van der Waals surface area contributed by atoms with Crippen molar-refractivity contribution in [2.24, 2.45) is 0 Å². The molecule has 2 aromatic heterocycles. The molecule has 28 heavy (non-hydrogen) atoms. The first-order valence-corrected chi connectivity index (χ1v) is 11.2. The first-order valence-electron chi connectivity index (χ1n) is 9.78. The maximum Gasteiger partial charge on any atom is 0.272 e. The van der Waals surface area contributed by atoms with Crippen LogP contribution in [0.1, 0.15) is 48.3 Å². The van der Waals surface area contributed by atoms with Gasteiger partial charge in [-0.15, -0.1) is 0 Å². The Labute approximate surface area is 165 Å². The van der Waals surface area contributed by atoms with Gasteiger partial charge in [-0.2, -0.15) is 9.40 Å². The molecule has 1 unspecified atom stereocenters. The van der Waals surface area contributed by atoms with Crippen LogP contribution in [-0.4, -0.2) is 64.5 Å². The Morgan fingerprint density at radius 2 is 2.07 bits per heavy atom. The number of sulfonamides is 1. The summed E-state index contributed by atoms with van der Waals surface area (Å²) in [6.07, 6.45) is 5.45. The number of aryl methyl sites for hydroxylation is 1. The Hall–Kier alpha value is -2.26. The van der Waals surface area contributed by atoms with Crippen LogP contribution in [0.25, 0.3) is 0 Å². The molecule has 2 aliphatic heterocycles. The van der Waals surface area contributed by atoms with Gasteiger partial charge in [0.25, 0.3) is 5.91 Å². The summed E-state index contributed by atoms with van der Waals surface area (Å²) in [5.74, 6) is -0.00287. The van der Waals surface area contributed by atoms with Gasteiger partial charge >= 0.3 is 0 Å². The Balaban J connectivity index is 1.58. The SMILES string of the molecule is CCN1CCCn2nc(C3CCCN(S(=O)(=O)c4cccnc4)C3)cc2C1=O. The van der Waals surface area contributed by atoms with E-state index >= 15 is 0 Å². The van der Waals surface area contributed by atoms with Gasteiger partial charge in [-0.1, -0.05) is 0 Å². The molecule has 0 saturated carbocycles. The minimum Gasteiger partial charge on any atom is -0.338 e. The quantitative estimate of drug-likeness (QED) is 0.775. The van der Waals surface area contributed by atoms with Crippen molar-refractivity contribution < 1.29 is 13.2 Å². The second-order valence-electron chi connectivity index (χ2n) is 7.31. The van der Waals surface area contributed by atoms with E-state index in [1.165, 1.54) is 10.5 Å². The second kappa shape index (κ2) is 7.63. The van der Waals surface area contributed by atoms with Gasteiger partial charge in [-0.05, 0) is 44.4 Å². The lowest BCUT2D eigenvalue weighted by atomic mass is 9.96. The normalized spacial score (nSPS) is 21.4. The molecule has 4 heterocycles. The first kappa shape index (κ1) is 19.1. The van der Waals surface area contributed by atoms with E-state index in [9.17, 15) is 13.2 Å². The van der Waals surface area contributed by atoms with Crippen LogP contribution in [0.4, 0.5) is 0 Å². The average molecular weight is 404 g/mol.